The van der Waals surface area contributed by atoms with Crippen LogP contribution in [0.4, 0.5) is 13.2 Å². The van der Waals surface area contributed by atoms with Gasteiger partial charge in [-0.1, -0.05) is 12.1 Å². The predicted molar refractivity (Wildman–Crippen MR) is 82.7 cm³/mol. The van der Waals surface area contributed by atoms with E-state index in [9.17, 15) is 22.8 Å². The third-order valence-corrected chi connectivity index (χ3v) is 3.31. The number of carbonyl (C=O) groups is 2. The zero-order valence-electron chi connectivity index (χ0n) is 13.1. The minimum absolute atomic E-state index is 0.0924. The predicted octanol–water partition coefficient (Wildman–Crippen LogP) is 3.12. The Hall–Kier alpha value is -3.03. The van der Waals surface area contributed by atoms with Crippen molar-refractivity contribution < 1.29 is 32.2 Å². The summed E-state index contributed by atoms with van der Waals surface area (Å²) in [6.07, 6.45) is -4.87. The van der Waals surface area contributed by atoms with Crippen LogP contribution in [0.25, 0.3) is 0 Å². The molecule has 0 saturated carbocycles. The summed E-state index contributed by atoms with van der Waals surface area (Å²) in [5.74, 6) is -1.17. The Bertz CT molecular complexity index is 785. The number of ether oxygens (including phenoxy) is 2. The van der Waals surface area contributed by atoms with Gasteiger partial charge in [0, 0.05) is 12.0 Å². The van der Waals surface area contributed by atoms with Gasteiger partial charge in [-0.15, -0.1) is 13.2 Å². The second-order valence-corrected chi connectivity index (χ2v) is 5.07. The number of nitrogens with two attached hydrogens (primary N) is 1. The lowest BCUT2D eigenvalue weighted by molar-refractivity contribution is -0.274. The number of hydrogen-bond donors (Lipinski definition) is 1. The number of alkyl halides is 3. The highest BCUT2D eigenvalue weighted by atomic mass is 19.4. The molecule has 0 aliphatic heterocycles. The summed E-state index contributed by atoms with van der Waals surface area (Å²) in [5, 5.41) is 0. The van der Waals surface area contributed by atoms with E-state index in [4.69, 9.17) is 10.5 Å². The Morgan fingerprint density at radius 3 is 2.24 bits per heavy atom. The van der Waals surface area contributed by atoms with E-state index in [1.165, 1.54) is 37.4 Å². The van der Waals surface area contributed by atoms with Gasteiger partial charge in [0.25, 0.3) is 0 Å². The van der Waals surface area contributed by atoms with Gasteiger partial charge in [0.15, 0.2) is 5.78 Å². The number of halogens is 3. The molecule has 25 heavy (non-hydrogen) atoms. The van der Waals surface area contributed by atoms with Crippen LogP contribution in [0.1, 0.15) is 26.3 Å². The first-order chi connectivity index (χ1) is 11.7. The highest BCUT2D eigenvalue weighted by molar-refractivity contribution is 6.03. The van der Waals surface area contributed by atoms with E-state index in [1.807, 2.05) is 0 Å². The smallest absolute Gasteiger partial charge is 0.496 e. The van der Waals surface area contributed by atoms with E-state index in [-0.39, 0.29) is 34.8 Å². The molecule has 2 aromatic carbocycles. The van der Waals surface area contributed by atoms with Gasteiger partial charge in [0.2, 0.25) is 5.91 Å². The number of ketones is 1. The van der Waals surface area contributed by atoms with E-state index in [1.54, 1.807) is 0 Å². The lowest BCUT2D eigenvalue weighted by Gasteiger charge is -2.10. The van der Waals surface area contributed by atoms with Crippen molar-refractivity contribution in [3.8, 4) is 11.5 Å². The average molecular weight is 353 g/mol. The molecule has 2 N–H and O–H groups in total. The second kappa shape index (κ2) is 7.25. The summed E-state index contributed by atoms with van der Waals surface area (Å²) >= 11 is 0. The minimum Gasteiger partial charge on any atom is -0.496 e. The highest BCUT2D eigenvalue weighted by Crippen LogP contribution is 2.25. The molecule has 0 atom stereocenters. The number of methoxy groups -OCH3 is 1. The van der Waals surface area contributed by atoms with E-state index in [2.05, 4.69) is 4.74 Å². The molecule has 0 aliphatic rings. The zero-order valence-corrected chi connectivity index (χ0v) is 13.1. The summed E-state index contributed by atoms with van der Waals surface area (Å²) in [5.41, 5.74) is 5.99. The SMILES string of the molecule is COc1ccc(C(N)=O)cc1C(=O)Cc1ccc(OC(F)(F)F)cc1. The van der Waals surface area contributed by atoms with Crippen LogP contribution >= 0.6 is 0 Å². The van der Waals surface area contributed by atoms with Gasteiger partial charge < -0.3 is 15.2 Å². The van der Waals surface area contributed by atoms with Crippen molar-refractivity contribution in [1.82, 2.24) is 0 Å². The molecule has 0 radical (unpaired) electrons. The molecule has 0 bridgehead atoms. The van der Waals surface area contributed by atoms with Gasteiger partial charge in [-0.25, -0.2) is 0 Å². The monoisotopic (exact) mass is 353 g/mol. The Labute approximate surface area is 141 Å². The van der Waals surface area contributed by atoms with Gasteiger partial charge in [-0.2, -0.15) is 0 Å². The molecule has 1 amide bonds. The highest BCUT2D eigenvalue weighted by Gasteiger charge is 2.31. The fourth-order valence-electron chi connectivity index (χ4n) is 2.17. The van der Waals surface area contributed by atoms with Crippen LogP contribution in [0.2, 0.25) is 0 Å². The van der Waals surface area contributed by atoms with E-state index in [0.29, 0.717) is 5.56 Å². The molecule has 0 aromatic heterocycles. The number of carbonyl (C=O) groups excluding carboxylic acids is 2. The first-order valence-corrected chi connectivity index (χ1v) is 7.05. The standard InChI is InChI=1S/C17H14F3NO4/c1-24-15-7-4-11(16(21)23)9-13(15)14(22)8-10-2-5-12(6-3-10)25-17(18,19)20/h2-7,9H,8H2,1H3,(H2,21,23). The van der Waals surface area contributed by atoms with Crippen LogP contribution in [0.3, 0.4) is 0 Å². The summed E-state index contributed by atoms with van der Waals surface area (Å²) < 4.78 is 45.3. The van der Waals surface area contributed by atoms with Gasteiger partial charge in [0.1, 0.15) is 11.5 Å². The molecular formula is C17H14F3NO4. The molecule has 8 heteroatoms. The number of amides is 1. The molecule has 0 heterocycles. The van der Waals surface area contributed by atoms with Gasteiger partial charge in [-0.3, -0.25) is 9.59 Å². The molecule has 0 saturated heterocycles. The van der Waals surface area contributed by atoms with Crippen LogP contribution in [0.15, 0.2) is 42.5 Å². The first-order valence-electron chi connectivity index (χ1n) is 7.05. The molecule has 0 spiro atoms. The van der Waals surface area contributed by atoms with E-state index >= 15 is 0 Å². The van der Waals surface area contributed by atoms with Crippen molar-refractivity contribution in [2.75, 3.05) is 7.11 Å². The van der Waals surface area contributed by atoms with Crippen LogP contribution in [0.5, 0.6) is 11.5 Å². The van der Waals surface area contributed by atoms with Crippen molar-refractivity contribution in [1.29, 1.82) is 0 Å². The Balaban J connectivity index is 2.19. The molecule has 2 rings (SSSR count). The number of primary amides is 1. The topological polar surface area (TPSA) is 78.6 Å². The number of benzene rings is 2. The fourth-order valence-corrected chi connectivity index (χ4v) is 2.17. The average Bonchev–Trinajstić information content (AvgIpc) is 2.54. The number of Topliss-reactive ketones (excluding diaryl/α,β-unsaturated/α-hetero) is 1. The van der Waals surface area contributed by atoms with Crippen LogP contribution in [0, 0.1) is 0 Å². The van der Waals surface area contributed by atoms with Crippen molar-refractivity contribution >= 4 is 11.7 Å². The van der Waals surface area contributed by atoms with Crippen molar-refractivity contribution in [2.45, 2.75) is 12.8 Å². The molecule has 5 nitrogen and oxygen atoms in total. The van der Waals surface area contributed by atoms with Crippen LogP contribution in [-0.4, -0.2) is 25.2 Å². The minimum atomic E-state index is -4.78. The zero-order chi connectivity index (χ0) is 18.6. The molecule has 0 aliphatic carbocycles. The quantitative estimate of drug-likeness (QED) is 0.810. The molecular weight excluding hydrogens is 339 g/mol. The van der Waals surface area contributed by atoms with Crippen molar-refractivity contribution in [2.24, 2.45) is 5.73 Å². The molecule has 0 fully saturated rings. The van der Waals surface area contributed by atoms with Gasteiger partial charge in [-0.05, 0) is 35.9 Å². The lowest BCUT2D eigenvalue weighted by atomic mass is 10.00. The second-order valence-electron chi connectivity index (χ2n) is 5.07. The third kappa shape index (κ3) is 4.97. The Morgan fingerprint density at radius 2 is 1.72 bits per heavy atom. The Morgan fingerprint density at radius 1 is 1.08 bits per heavy atom. The summed E-state index contributed by atoms with van der Waals surface area (Å²) in [7, 11) is 1.37. The lowest BCUT2D eigenvalue weighted by Crippen LogP contribution is -2.17. The fraction of sp³-hybridized carbons (Fsp3) is 0.176. The van der Waals surface area contributed by atoms with E-state index in [0.717, 1.165) is 12.1 Å². The normalized spacial score (nSPS) is 11.0. The van der Waals surface area contributed by atoms with Crippen LogP contribution < -0.4 is 15.2 Å². The summed E-state index contributed by atoms with van der Waals surface area (Å²) in [6.45, 7) is 0. The summed E-state index contributed by atoms with van der Waals surface area (Å²) in [6, 6.07) is 9.15. The maximum atomic E-state index is 12.4. The largest absolute Gasteiger partial charge is 0.573 e. The first kappa shape index (κ1) is 18.3. The molecule has 2 aromatic rings. The van der Waals surface area contributed by atoms with E-state index < -0.39 is 12.3 Å². The number of hydrogen-bond acceptors (Lipinski definition) is 4. The maximum Gasteiger partial charge on any atom is 0.573 e. The third-order valence-electron chi connectivity index (χ3n) is 3.31. The Kier molecular flexibility index (Phi) is 5.31. The maximum absolute atomic E-state index is 12.4. The van der Waals surface area contributed by atoms with Gasteiger partial charge in [0.05, 0.1) is 12.7 Å². The van der Waals surface area contributed by atoms with Gasteiger partial charge >= 0.3 is 6.36 Å². The molecule has 0 unspecified atom stereocenters. The number of rotatable bonds is 6. The van der Waals surface area contributed by atoms with Crippen molar-refractivity contribution in [3.05, 3.63) is 59.2 Å². The van der Waals surface area contributed by atoms with Crippen LogP contribution in [-0.2, 0) is 6.42 Å². The van der Waals surface area contributed by atoms with Crippen molar-refractivity contribution in [3.63, 3.8) is 0 Å². The molecule has 132 valence electrons. The summed E-state index contributed by atoms with van der Waals surface area (Å²) in [4.78, 5) is 23.7.